The summed E-state index contributed by atoms with van der Waals surface area (Å²) in [5, 5.41) is 0.803. The van der Waals surface area contributed by atoms with Gasteiger partial charge in [0.2, 0.25) is 0 Å². The van der Waals surface area contributed by atoms with Crippen LogP contribution in [0.3, 0.4) is 0 Å². The molecule has 3 rings (SSSR count). The molecule has 0 bridgehead atoms. The van der Waals surface area contributed by atoms with Crippen LogP contribution >= 0.6 is 23.2 Å². The van der Waals surface area contributed by atoms with E-state index in [9.17, 15) is 9.59 Å². The van der Waals surface area contributed by atoms with Crippen molar-refractivity contribution in [3.8, 4) is 5.75 Å². The lowest BCUT2D eigenvalue weighted by Gasteiger charge is -2.42. The summed E-state index contributed by atoms with van der Waals surface area (Å²) in [6.45, 7) is 8.94. The molecule has 27 heavy (non-hydrogen) atoms. The minimum Gasteiger partial charge on any atom is -0.491 e. The molecule has 1 saturated heterocycles. The minimum atomic E-state index is -0.557. The number of hydrogen-bond acceptors (Lipinski definition) is 4. The zero-order chi connectivity index (χ0) is 19.9. The maximum Gasteiger partial charge on any atom is 0.410 e. The number of benzene rings is 1. The number of carbonyl (C=O) groups excluding carboxylic acids is 2. The van der Waals surface area contributed by atoms with Crippen LogP contribution in [0.15, 0.2) is 6.07 Å². The average Bonchev–Trinajstić information content (AvgIpc) is 2.58. The van der Waals surface area contributed by atoms with Crippen molar-refractivity contribution in [2.24, 2.45) is 0 Å². The molecule has 0 aliphatic carbocycles. The monoisotopic (exact) mass is 414 g/mol. The van der Waals surface area contributed by atoms with Gasteiger partial charge in [0.15, 0.2) is 5.75 Å². The molecular formula is C19H24Cl2N2O4. The van der Waals surface area contributed by atoms with Crippen molar-refractivity contribution < 1.29 is 19.1 Å². The molecule has 2 amide bonds. The number of piperazine rings is 1. The van der Waals surface area contributed by atoms with E-state index in [4.69, 9.17) is 32.7 Å². The SMILES string of the molecule is Cc1c(Cl)cc2c(c1Cl)OCCC1CN(C(=O)OC(C)(C)C)CCN1C2=O. The van der Waals surface area contributed by atoms with Crippen LogP contribution in [0.5, 0.6) is 5.75 Å². The second-order valence-corrected chi connectivity index (χ2v) is 8.68. The predicted octanol–water partition coefficient (Wildman–Crippen LogP) is 4.15. The van der Waals surface area contributed by atoms with E-state index in [2.05, 4.69) is 0 Å². The zero-order valence-electron chi connectivity index (χ0n) is 16.0. The Hall–Kier alpha value is -1.66. The second-order valence-electron chi connectivity index (χ2n) is 7.89. The lowest BCUT2D eigenvalue weighted by Crippen LogP contribution is -2.58. The molecule has 0 radical (unpaired) electrons. The van der Waals surface area contributed by atoms with Gasteiger partial charge >= 0.3 is 6.09 Å². The van der Waals surface area contributed by atoms with Crippen LogP contribution in [0.4, 0.5) is 4.79 Å². The number of rotatable bonds is 0. The van der Waals surface area contributed by atoms with E-state index in [1.165, 1.54) is 0 Å². The van der Waals surface area contributed by atoms with E-state index in [1.807, 2.05) is 20.8 Å². The van der Waals surface area contributed by atoms with E-state index in [0.717, 1.165) is 0 Å². The number of fused-ring (bicyclic) bond motifs is 2. The van der Waals surface area contributed by atoms with E-state index in [1.54, 1.807) is 22.8 Å². The maximum atomic E-state index is 13.1. The topological polar surface area (TPSA) is 59.1 Å². The van der Waals surface area contributed by atoms with Gasteiger partial charge in [-0.05, 0) is 39.3 Å². The molecule has 1 aromatic rings. The number of hydrogen-bond donors (Lipinski definition) is 0. The van der Waals surface area contributed by atoms with Gasteiger partial charge in [0.25, 0.3) is 5.91 Å². The van der Waals surface area contributed by atoms with Crippen LogP contribution in [-0.4, -0.2) is 59.7 Å². The third-order valence-corrected chi connectivity index (χ3v) is 5.57. The largest absolute Gasteiger partial charge is 0.491 e. The molecule has 0 N–H and O–H groups in total. The van der Waals surface area contributed by atoms with Crippen LogP contribution in [0.2, 0.25) is 10.0 Å². The van der Waals surface area contributed by atoms with Gasteiger partial charge in [-0.25, -0.2) is 4.79 Å². The lowest BCUT2D eigenvalue weighted by molar-refractivity contribution is 0.00109. The molecule has 148 valence electrons. The van der Waals surface area contributed by atoms with Crippen LogP contribution < -0.4 is 4.74 Å². The van der Waals surface area contributed by atoms with Crippen molar-refractivity contribution in [2.45, 2.75) is 45.8 Å². The van der Waals surface area contributed by atoms with Crippen LogP contribution in [0, 0.1) is 6.92 Å². The Morgan fingerprint density at radius 3 is 2.67 bits per heavy atom. The number of amides is 2. The highest BCUT2D eigenvalue weighted by Crippen LogP contribution is 2.38. The van der Waals surface area contributed by atoms with Gasteiger partial charge in [0, 0.05) is 31.1 Å². The lowest BCUT2D eigenvalue weighted by atomic mass is 10.0. The van der Waals surface area contributed by atoms with Crippen molar-refractivity contribution in [3.05, 3.63) is 27.2 Å². The molecule has 2 aliphatic rings. The summed E-state index contributed by atoms with van der Waals surface area (Å²) < 4.78 is 11.3. The maximum absolute atomic E-state index is 13.1. The quantitative estimate of drug-likeness (QED) is 0.639. The van der Waals surface area contributed by atoms with Crippen molar-refractivity contribution in [1.29, 1.82) is 0 Å². The number of carbonyl (C=O) groups is 2. The first kappa shape index (κ1) is 20.1. The Morgan fingerprint density at radius 1 is 1.30 bits per heavy atom. The summed E-state index contributed by atoms with van der Waals surface area (Å²) in [5.41, 5.74) is 0.501. The van der Waals surface area contributed by atoms with Crippen LogP contribution in [0.25, 0.3) is 0 Å². The van der Waals surface area contributed by atoms with E-state index in [-0.39, 0.29) is 18.0 Å². The van der Waals surface area contributed by atoms with Crippen molar-refractivity contribution in [3.63, 3.8) is 0 Å². The summed E-state index contributed by atoms with van der Waals surface area (Å²) in [7, 11) is 0. The standard InChI is InChI=1S/C19H24Cl2N2O4/c1-11-14(20)9-13-16(15(11)21)26-8-5-12-10-22(6-7-23(12)17(13)24)18(25)27-19(2,3)4/h9,12H,5-8,10H2,1-4H3. The van der Waals surface area contributed by atoms with E-state index < -0.39 is 5.60 Å². The molecular weight excluding hydrogens is 391 g/mol. The van der Waals surface area contributed by atoms with Crippen molar-refractivity contribution >= 4 is 35.2 Å². The van der Waals surface area contributed by atoms with E-state index in [0.29, 0.717) is 59.6 Å². The third-order valence-electron chi connectivity index (χ3n) is 4.73. The van der Waals surface area contributed by atoms with Crippen LogP contribution in [-0.2, 0) is 4.74 Å². The fourth-order valence-electron chi connectivity index (χ4n) is 3.31. The number of halogens is 2. The van der Waals surface area contributed by atoms with Gasteiger partial charge in [-0.1, -0.05) is 23.2 Å². The molecule has 2 aliphatic heterocycles. The minimum absolute atomic E-state index is 0.147. The fraction of sp³-hybridized carbons (Fsp3) is 0.579. The summed E-state index contributed by atoms with van der Waals surface area (Å²) in [4.78, 5) is 29.0. The van der Waals surface area contributed by atoms with Gasteiger partial charge in [0.1, 0.15) is 5.60 Å². The molecule has 8 heteroatoms. The summed E-state index contributed by atoms with van der Waals surface area (Å²) in [5.74, 6) is 0.207. The van der Waals surface area contributed by atoms with Gasteiger partial charge in [-0.3, -0.25) is 4.79 Å². The smallest absolute Gasteiger partial charge is 0.410 e. The van der Waals surface area contributed by atoms with Gasteiger partial charge in [0.05, 0.1) is 23.2 Å². The molecule has 1 fully saturated rings. The second kappa shape index (κ2) is 7.40. The summed E-state index contributed by atoms with van der Waals surface area (Å²) in [6.07, 6.45) is 0.238. The fourth-order valence-corrected chi connectivity index (χ4v) is 3.82. The molecule has 0 saturated carbocycles. The van der Waals surface area contributed by atoms with Crippen LogP contribution in [0.1, 0.15) is 43.1 Å². The Bertz CT molecular complexity index is 776. The molecule has 1 atom stereocenters. The van der Waals surface area contributed by atoms with Crippen molar-refractivity contribution in [1.82, 2.24) is 9.80 Å². The number of nitrogens with zero attached hydrogens (tertiary/aromatic N) is 2. The molecule has 0 aromatic heterocycles. The highest BCUT2D eigenvalue weighted by Gasteiger charge is 2.37. The zero-order valence-corrected chi connectivity index (χ0v) is 17.5. The highest BCUT2D eigenvalue weighted by atomic mass is 35.5. The third kappa shape index (κ3) is 4.11. The highest BCUT2D eigenvalue weighted by molar-refractivity contribution is 6.37. The molecule has 6 nitrogen and oxygen atoms in total. The van der Waals surface area contributed by atoms with Gasteiger partial charge < -0.3 is 19.3 Å². The first-order valence-electron chi connectivity index (χ1n) is 8.99. The molecule has 1 unspecified atom stereocenters. The van der Waals surface area contributed by atoms with Gasteiger partial charge in [-0.15, -0.1) is 0 Å². The Balaban J connectivity index is 1.83. The van der Waals surface area contributed by atoms with E-state index >= 15 is 0 Å². The summed E-state index contributed by atoms with van der Waals surface area (Å²) >= 11 is 12.6. The predicted molar refractivity (Wildman–Crippen MR) is 104 cm³/mol. The first-order valence-corrected chi connectivity index (χ1v) is 9.74. The van der Waals surface area contributed by atoms with Crippen molar-refractivity contribution in [2.75, 3.05) is 26.2 Å². The first-order chi connectivity index (χ1) is 12.6. The molecule has 1 aromatic carbocycles. The molecule has 0 spiro atoms. The Labute approximate surface area is 169 Å². The normalized spacial score (nSPS) is 20.2. The average molecular weight is 415 g/mol. The Morgan fingerprint density at radius 2 is 2.00 bits per heavy atom. The number of ether oxygens (including phenoxy) is 2. The summed E-state index contributed by atoms with van der Waals surface area (Å²) in [6, 6.07) is 1.47. The van der Waals surface area contributed by atoms with Gasteiger partial charge in [-0.2, -0.15) is 0 Å². The Kier molecular flexibility index (Phi) is 5.50. The molecule has 2 heterocycles.